The van der Waals surface area contributed by atoms with Gasteiger partial charge in [0, 0.05) is 37.5 Å². The molecule has 0 bridgehead atoms. The third kappa shape index (κ3) is 3.68. The molecule has 1 heterocycles. The summed E-state index contributed by atoms with van der Waals surface area (Å²) in [5.41, 5.74) is 7.45. The van der Waals surface area contributed by atoms with E-state index in [1.807, 2.05) is 7.05 Å². The number of benzene rings is 1. The summed E-state index contributed by atoms with van der Waals surface area (Å²) in [6.45, 7) is 3.91. The van der Waals surface area contributed by atoms with Crippen molar-refractivity contribution < 1.29 is 4.92 Å². The molecule has 1 aliphatic rings. The van der Waals surface area contributed by atoms with E-state index in [9.17, 15) is 10.1 Å². The SMILES string of the molecule is CN1CCC(CN(C)Cc2cc([N+](=O)[O-])ccc2N)C1. The van der Waals surface area contributed by atoms with Crippen LogP contribution in [0.15, 0.2) is 18.2 Å². The normalized spacial score (nSPS) is 19.6. The van der Waals surface area contributed by atoms with Crippen LogP contribution in [0.2, 0.25) is 0 Å². The average molecular weight is 278 g/mol. The van der Waals surface area contributed by atoms with Gasteiger partial charge in [-0.2, -0.15) is 0 Å². The molecule has 6 heteroatoms. The van der Waals surface area contributed by atoms with Gasteiger partial charge in [0.15, 0.2) is 0 Å². The van der Waals surface area contributed by atoms with Gasteiger partial charge < -0.3 is 15.5 Å². The predicted molar refractivity (Wildman–Crippen MR) is 79.4 cm³/mol. The van der Waals surface area contributed by atoms with Crippen LogP contribution in [0.5, 0.6) is 0 Å². The molecule has 1 aromatic carbocycles. The number of likely N-dealkylation sites (tertiary alicyclic amines) is 1. The van der Waals surface area contributed by atoms with Gasteiger partial charge in [0.25, 0.3) is 5.69 Å². The van der Waals surface area contributed by atoms with Crippen LogP contribution in [0.1, 0.15) is 12.0 Å². The van der Waals surface area contributed by atoms with Crippen molar-refractivity contribution in [1.82, 2.24) is 9.80 Å². The number of nitro benzene ring substituents is 1. The molecule has 2 rings (SSSR count). The molecule has 2 N–H and O–H groups in total. The topological polar surface area (TPSA) is 75.6 Å². The molecule has 0 saturated carbocycles. The molecule has 0 radical (unpaired) electrons. The highest BCUT2D eigenvalue weighted by molar-refractivity contribution is 5.52. The third-order valence-electron chi connectivity index (χ3n) is 3.84. The van der Waals surface area contributed by atoms with Crippen LogP contribution >= 0.6 is 0 Å². The van der Waals surface area contributed by atoms with Crippen molar-refractivity contribution in [2.75, 3.05) is 39.5 Å². The fourth-order valence-corrected chi connectivity index (χ4v) is 2.81. The molecule has 1 fully saturated rings. The second-order valence-electron chi connectivity index (χ2n) is 5.75. The van der Waals surface area contributed by atoms with Crippen molar-refractivity contribution >= 4 is 11.4 Å². The lowest BCUT2D eigenvalue weighted by molar-refractivity contribution is -0.384. The molecule has 0 aliphatic carbocycles. The summed E-state index contributed by atoms with van der Waals surface area (Å²) in [4.78, 5) is 15.0. The average Bonchev–Trinajstić information content (AvgIpc) is 2.77. The highest BCUT2D eigenvalue weighted by Crippen LogP contribution is 2.22. The summed E-state index contributed by atoms with van der Waals surface area (Å²) < 4.78 is 0. The molecular formula is C14H22N4O2. The van der Waals surface area contributed by atoms with Crippen molar-refractivity contribution in [2.45, 2.75) is 13.0 Å². The number of nitrogen functional groups attached to an aromatic ring is 1. The highest BCUT2D eigenvalue weighted by Gasteiger charge is 2.21. The van der Waals surface area contributed by atoms with Crippen LogP contribution in [-0.4, -0.2) is 48.5 Å². The fraction of sp³-hybridized carbons (Fsp3) is 0.571. The monoisotopic (exact) mass is 278 g/mol. The van der Waals surface area contributed by atoms with Crippen molar-refractivity contribution in [3.05, 3.63) is 33.9 Å². The zero-order chi connectivity index (χ0) is 14.7. The largest absolute Gasteiger partial charge is 0.398 e. The molecule has 6 nitrogen and oxygen atoms in total. The Hall–Kier alpha value is -1.66. The second-order valence-corrected chi connectivity index (χ2v) is 5.75. The van der Waals surface area contributed by atoms with E-state index < -0.39 is 0 Å². The highest BCUT2D eigenvalue weighted by atomic mass is 16.6. The van der Waals surface area contributed by atoms with Crippen molar-refractivity contribution in [2.24, 2.45) is 5.92 Å². The summed E-state index contributed by atoms with van der Waals surface area (Å²) in [6.07, 6.45) is 1.21. The van der Waals surface area contributed by atoms with Gasteiger partial charge in [0.2, 0.25) is 0 Å². The van der Waals surface area contributed by atoms with Crippen LogP contribution in [0.4, 0.5) is 11.4 Å². The van der Waals surface area contributed by atoms with Gasteiger partial charge >= 0.3 is 0 Å². The van der Waals surface area contributed by atoms with E-state index in [-0.39, 0.29) is 10.6 Å². The maximum atomic E-state index is 10.8. The van der Waals surface area contributed by atoms with Crippen LogP contribution < -0.4 is 5.73 Å². The maximum absolute atomic E-state index is 10.8. The number of nitrogens with two attached hydrogens (primary N) is 1. The van der Waals surface area contributed by atoms with Crippen LogP contribution in [0.25, 0.3) is 0 Å². The number of nitro groups is 1. The van der Waals surface area contributed by atoms with Gasteiger partial charge in [-0.3, -0.25) is 10.1 Å². The zero-order valence-electron chi connectivity index (χ0n) is 12.1. The minimum Gasteiger partial charge on any atom is -0.398 e. The van der Waals surface area contributed by atoms with E-state index in [0.717, 1.165) is 25.2 Å². The first-order chi connectivity index (χ1) is 9.45. The number of anilines is 1. The van der Waals surface area contributed by atoms with Gasteiger partial charge in [-0.25, -0.2) is 0 Å². The summed E-state index contributed by atoms with van der Waals surface area (Å²) >= 11 is 0. The molecule has 20 heavy (non-hydrogen) atoms. The Morgan fingerprint density at radius 2 is 2.30 bits per heavy atom. The van der Waals surface area contributed by atoms with Crippen LogP contribution in [0.3, 0.4) is 0 Å². The van der Waals surface area contributed by atoms with E-state index in [1.165, 1.54) is 12.5 Å². The molecule has 1 unspecified atom stereocenters. The Kier molecular flexibility index (Phi) is 4.57. The lowest BCUT2D eigenvalue weighted by atomic mass is 10.1. The molecule has 1 saturated heterocycles. The quantitative estimate of drug-likeness (QED) is 0.502. The fourth-order valence-electron chi connectivity index (χ4n) is 2.81. The third-order valence-corrected chi connectivity index (χ3v) is 3.84. The Labute approximate surface area is 119 Å². The lowest BCUT2D eigenvalue weighted by Crippen LogP contribution is -2.27. The van der Waals surface area contributed by atoms with Crippen LogP contribution in [-0.2, 0) is 6.54 Å². The van der Waals surface area contributed by atoms with E-state index in [4.69, 9.17) is 5.73 Å². The number of rotatable bonds is 5. The Morgan fingerprint density at radius 1 is 1.55 bits per heavy atom. The molecule has 1 atom stereocenters. The zero-order valence-corrected chi connectivity index (χ0v) is 12.1. The summed E-state index contributed by atoms with van der Waals surface area (Å²) in [5, 5.41) is 10.8. The first kappa shape index (κ1) is 14.7. The van der Waals surface area contributed by atoms with E-state index >= 15 is 0 Å². The molecule has 0 aromatic heterocycles. The van der Waals surface area contributed by atoms with Gasteiger partial charge in [0.05, 0.1) is 4.92 Å². The van der Waals surface area contributed by atoms with Gasteiger partial charge in [0.1, 0.15) is 0 Å². The number of nitrogens with zero attached hydrogens (tertiary/aromatic N) is 3. The molecule has 110 valence electrons. The van der Waals surface area contributed by atoms with Crippen molar-refractivity contribution in [1.29, 1.82) is 0 Å². The second kappa shape index (κ2) is 6.19. The Morgan fingerprint density at radius 3 is 2.90 bits per heavy atom. The van der Waals surface area contributed by atoms with E-state index in [0.29, 0.717) is 18.2 Å². The minimum absolute atomic E-state index is 0.100. The molecule has 1 aromatic rings. The van der Waals surface area contributed by atoms with Crippen molar-refractivity contribution in [3.8, 4) is 0 Å². The number of hydrogen-bond donors (Lipinski definition) is 1. The van der Waals surface area contributed by atoms with E-state index in [1.54, 1.807) is 12.1 Å². The smallest absolute Gasteiger partial charge is 0.269 e. The molecular weight excluding hydrogens is 256 g/mol. The summed E-state index contributed by atoms with van der Waals surface area (Å²) in [6, 6.07) is 4.64. The molecule has 0 spiro atoms. The van der Waals surface area contributed by atoms with Gasteiger partial charge in [-0.05, 0) is 44.6 Å². The Balaban J connectivity index is 1.98. The Bertz CT molecular complexity index is 492. The first-order valence-corrected chi connectivity index (χ1v) is 6.85. The minimum atomic E-state index is -0.380. The van der Waals surface area contributed by atoms with Gasteiger partial charge in [-0.15, -0.1) is 0 Å². The lowest BCUT2D eigenvalue weighted by Gasteiger charge is -2.21. The molecule has 1 aliphatic heterocycles. The summed E-state index contributed by atoms with van der Waals surface area (Å²) in [7, 11) is 4.18. The van der Waals surface area contributed by atoms with Crippen molar-refractivity contribution in [3.63, 3.8) is 0 Å². The summed E-state index contributed by atoms with van der Waals surface area (Å²) in [5.74, 6) is 0.671. The number of non-ortho nitro benzene ring substituents is 1. The predicted octanol–water partition coefficient (Wildman–Crippen LogP) is 1.56. The molecule has 0 amide bonds. The first-order valence-electron chi connectivity index (χ1n) is 6.85. The number of hydrogen-bond acceptors (Lipinski definition) is 5. The van der Waals surface area contributed by atoms with E-state index in [2.05, 4.69) is 16.8 Å². The standard InChI is InChI=1S/C14H22N4O2/c1-16-6-5-11(8-16)9-17(2)10-12-7-13(18(19)20)3-4-14(12)15/h3-4,7,11H,5-6,8-10,15H2,1-2H3. The van der Waals surface area contributed by atoms with Crippen LogP contribution in [0, 0.1) is 16.0 Å². The van der Waals surface area contributed by atoms with Gasteiger partial charge in [-0.1, -0.05) is 0 Å². The maximum Gasteiger partial charge on any atom is 0.269 e.